The monoisotopic (exact) mass is 380 g/mol. The zero-order valence-corrected chi connectivity index (χ0v) is 15.1. The van der Waals surface area contributed by atoms with Crippen molar-refractivity contribution in [1.82, 2.24) is 20.2 Å². The Morgan fingerprint density at radius 1 is 1.04 bits per heavy atom. The van der Waals surface area contributed by atoms with Gasteiger partial charge in [-0.05, 0) is 28.8 Å². The third kappa shape index (κ3) is 4.07. The summed E-state index contributed by atoms with van der Waals surface area (Å²) in [6.45, 7) is 0.306. The van der Waals surface area contributed by atoms with Crippen molar-refractivity contribution < 1.29 is 9.84 Å². The van der Waals surface area contributed by atoms with Crippen LogP contribution in [-0.4, -0.2) is 38.0 Å². The molecule has 0 bridgehead atoms. The van der Waals surface area contributed by atoms with Gasteiger partial charge >= 0.3 is 0 Å². The van der Waals surface area contributed by atoms with Gasteiger partial charge in [0.1, 0.15) is 18.5 Å². The molecule has 0 saturated carbocycles. The Labute approximate surface area is 161 Å². The maximum atomic E-state index is 10.3. The zero-order valence-electron chi connectivity index (χ0n) is 14.4. The van der Waals surface area contributed by atoms with Crippen molar-refractivity contribution in [3.63, 3.8) is 0 Å². The number of hydrogen-bond donors (Lipinski definition) is 1. The van der Waals surface area contributed by atoms with E-state index in [1.54, 1.807) is 12.1 Å². The third-order valence-corrected chi connectivity index (χ3v) is 4.33. The third-order valence-electron chi connectivity index (χ3n) is 4.09. The van der Waals surface area contributed by atoms with Crippen molar-refractivity contribution in [2.24, 2.45) is 0 Å². The molecule has 7 heteroatoms. The Bertz CT molecular complexity index is 1060. The number of aliphatic hydroxyl groups is 1. The standard InChI is InChI=1S/C20H17ClN4O2/c21-16-8-3-7-15(11-16)20-22-24-25(23-20)12-17(26)13-27-19-10-4-6-14-5-1-2-9-18(14)19/h1-11,17,26H,12-13H2/t17-/m0/s1. The molecule has 0 fully saturated rings. The van der Waals surface area contributed by atoms with Crippen LogP contribution in [0.2, 0.25) is 5.02 Å². The first kappa shape index (κ1) is 17.5. The van der Waals surface area contributed by atoms with Gasteiger partial charge in [-0.2, -0.15) is 4.80 Å². The van der Waals surface area contributed by atoms with Crippen molar-refractivity contribution in [1.29, 1.82) is 0 Å². The summed E-state index contributed by atoms with van der Waals surface area (Å²) < 4.78 is 5.80. The van der Waals surface area contributed by atoms with Crippen molar-refractivity contribution >= 4 is 22.4 Å². The molecule has 0 unspecified atom stereocenters. The number of aromatic nitrogens is 4. The number of benzene rings is 3. The molecule has 4 rings (SSSR count). The van der Waals surface area contributed by atoms with E-state index in [1.165, 1.54) is 4.80 Å². The van der Waals surface area contributed by atoms with E-state index in [-0.39, 0.29) is 13.2 Å². The predicted octanol–water partition coefficient (Wildman–Crippen LogP) is 3.59. The minimum Gasteiger partial charge on any atom is -0.490 e. The van der Waals surface area contributed by atoms with Crippen LogP contribution in [0, 0.1) is 0 Å². The van der Waals surface area contributed by atoms with Gasteiger partial charge in [-0.15, -0.1) is 10.2 Å². The van der Waals surface area contributed by atoms with E-state index in [1.807, 2.05) is 54.6 Å². The number of fused-ring (bicyclic) bond motifs is 1. The lowest BCUT2D eigenvalue weighted by atomic mass is 10.1. The molecule has 6 nitrogen and oxygen atoms in total. The maximum Gasteiger partial charge on any atom is 0.204 e. The molecule has 0 spiro atoms. The molecule has 3 aromatic carbocycles. The molecular formula is C20H17ClN4O2. The summed E-state index contributed by atoms with van der Waals surface area (Å²) in [6.07, 6.45) is -0.773. The summed E-state index contributed by atoms with van der Waals surface area (Å²) in [6, 6.07) is 21.0. The van der Waals surface area contributed by atoms with E-state index in [2.05, 4.69) is 15.4 Å². The van der Waals surface area contributed by atoms with Gasteiger partial charge in [0.25, 0.3) is 0 Å². The minimum absolute atomic E-state index is 0.127. The second-order valence-electron chi connectivity index (χ2n) is 6.12. The normalized spacial score (nSPS) is 12.2. The van der Waals surface area contributed by atoms with Crippen LogP contribution in [0.4, 0.5) is 0 Å². The Kier molecular flexibility index (Phi) is 5.00. The molecule has 1 aromatic heterocycles. The molecule has 0 amide bonds. The van der Waals surface area contributed by atoms with Gasteiger partial charge in [-0.3, -0.25) is 0 Å². The number of ether oxygens (including phenoxy) is 1. The second kappa shape index (κ2) is 7.73. The molecule has 1 N–H and O–H groups in total. The summed E-state index contributed by atoms with van der Waals surface area (Å²) in [5.74, 6) is 1.19. The molecular weight excluding hydrogens is 364 g/mol. The predicted molar refractivity (Wildman–Crippen MR) is 104 cm³/mol. The largest absolute Gasteiger partial charge is 0.490 e. The van der Waals surface area contributed by atoms with Gasteiger partial charge in [-0.25, -0.2) is 0 Å². The Morgan fingerprint density at radius 3 is 2.74 bits per heavy atom. The summed E-state index contributed by atoms with van der Waals surface area (Å²) >= 11 is 5.99. The Morgan fingerprint density at radius 2 is 1.85 bits per heavy atom. The average molecular weight is 381 g/mol. The first-order chi connectivity index (χ1) is 13.2. The van der Waals surface area contributed by atoms with Gasteiger partial charge in [0, 0.05) is 16.0 Å². The summed E-state index contributed by atoms with van der Waals surface area (Å²) in [4.78, 5) is 1.35. The van der Waals surface area contributed by atoms with Crippen LogP contribution in [-0.2, 0) is 6.54 Å². The van der Waals surface area contributed by atoms with E-state index in [0.717, 1.165) is 22.1 Å². The van der Waals surface area contributed by atoms with Crippen LogP contribution in [0.3, 0.4) is 0 Å². The van der Waals surface area contributed by atoms with Crippen molar-refractivity contribution in [2.45, 2.75) is 12.6 Å². The lowest BCUT2D eigenvalue weighted by Gasteiger charge is -2.13. The van der Waals surface area contributed by atoms with Crippen LogP contribution in [0.25, 0.3) is 22.2 Å². The smallest absolute Gasteiger partial charge is 0.204 e. The molecule has 4 aromatic rings. The first-order valence-corrected chi connectivity index (χ1v) is 8.89. The van der Waals surface area contributed by atoms with E-state index >= 15 is 0 Å². The van der Waals surface area contributed by atoms with Gasteiger partial charge in [0.15, 0.2) is 0 Å². The Balaban J connectivity index is 1.40. The number of aliphatic hydroxyl groups excluding tert-OH is 1. The lowest BCUT2D eigenvalue weighted by molar-refractivity contribution is 0.0857. The van der Waals surface area contributed by atoms with Crippen molar-refractivity contribution in [2.75, 3.05) is 6.61 Å². The van der Waals surface area contributed by atoms with E-state index in [9.17, 15) is 5.11 Å². The van der Waals surface area contributed by atoms with Crippen LogP contribution < -0.4 is 4.74 Å². The number of hydrogen-bond acceptors (Lipinski definition) is 5. The van der Waals surface area contributed by atoms with Gasteiger partial charge in [-0.1, -0.05) is 60.1 Å². The zero-order chi connectivity index (χ0) is 18.6. The molecule has 1 heterocycles. The Hall–Kier alpha value is -2.96. The summed E-state index contributed by atoms with van der Waals surface area (Å²) in [7, 11) is 0. The molecule has 0 radical (unpaired) electrons. The molecule has 136 valence electrons. The lowest BCUT2D eigenvalue weighted by Crippen LogP contribution is -2.25. The quantitative estimate of drug-likeness (QED) is 0.553. The number of nitrogens with zero attached hydrogens (tertiary/aromatic N) is 4. The maximum absolute atomic E-state index is 10.3. The highest BCUT2D eigenvalue weighted by molar-refractivity contribution is 6.30. The van der Waals surface area contributed by atoms with E-state index < -0.39 is 6.10 Å². The average Bonchev–Trinajstić information content (AvgIpc) is 3.15. The minimum atomic E-state index is -0.773. The van der Waals surface area contributed by atoms with Crippen molar-refractivity contribution in [3.8, 4) is 17.1 Å². The van der Waals surface area contributed by atoms with Crippen LogP contribution in [0.1, 0.15) is 0 Å². The fourth-order valence-corrected chi connectivity index (χ4v) is 3.00. The molecule has 0 aliphatic rings. The van der Waals surface area contributed by atoms with Crippen LogP contribution in [0.15, 0.2) is 66.7 Å². The highest BCUT2D eigenvalue weighted by atomic mass is 35.5. The fourth-order valence-electron chi connectivity index (χ4n) is 2.81. The number of tetrazole rings is 1. The van der Waals surface area contributed by atoms with E-state index in [0.29, 0.717) is 10.8 Å². The molecule has 0 aliphatic heterocycles. The second-order valence-corrected chi connectivity index (χ2v) is 6.56. The first-order valence-electron chi connectivity index (χ1n) is 8.51. The number of rotatable bonds is 6. The highest BCUT2D eigenvalue weighted by Crippen LogP contribution is 2.25. The van der Waals surface area contributed by atoms with Crippen LogP contribution >= 0.6 is 11.6 Å². The summed E-state index contributed by atoms with van der Waals surface area (Å²) in [5, 5.41) is 25.3. The van der Waals surface area contributed by atoms with Gasteiger partial charge < -0.3 is 9.84 Å². The molecule has 0 saturated heterocycles. The van der Waals surface area contributed by atoms with Gasteiger partial charge in [0.2, 0.25) is 5.82 Å². The molecule has 1 atom stereocenters. The molecule has 27 heavy (non-hydrogen) atoms. The van der Waals surface area contributed by atoms with Crippen LogP contribution in [0.5, 0.6) is 5.75 Å². The SMILES string of the molecule is O[C@H](COc1cccc2ccccc12)Cn1nnc(-c2cccc(Cl)c2)n1. The topological polar surface area (TPSA) is 73.1 Å². The molecule has 0 aliphatic carbocycles. The van der Waals surface area contributed by atoms with Gasteiger partial charge in [0.05, 0.1) is 6.54 Å². The fraction of sp³-hybridized carbons (Fsp3) is 0.150. The van der Waals surface area contributed by atoms with E-state index in [4.69, 9.17) is 16.3 Å². The summed E-state index contributed by atoms with van der Waals surface area (Å²) in [5.41, 5.74) is 0.773. The highest BCUT2D eigenvalue weighted by Gasteiger charge is 2.12. The van der Waals surface area contributed by atoms with Crippen molar-refractivity contribution in [3.05, 3.63) is 71.8 Å². The number of halogens is 1.